The Balaban J connectivity index is 0.000000172. The van der Waals surface area contributed by atoms with Crippen LogP contribution < -0.4 is 10.5 Å². The van der Waals surface area contributed by atoms with Crippen molar-refractivity contribution >= 4 is 115 Å². The van der Waals surface area contributed by atoms with E-state index >= 15 is 0 Å². The van der Waals surface area contributed by atoms with Crippen LogP contribution in [0, 0.1) is 0 Å². The lowest BCUT2D eigenvalue weighted by molar-refractivity contribution is 0.329. The van der Waals surface area contributed by atoms with Crippen LogP contribution in [0.5, 0.6) is 5.88 Å². The maximum Gasteiger partial charge on any atom is 0.257 e. The molecule has 156 valence electrons. The number of anilines is 1. The number of hydrogen-bond acceptors (Lipinski definition) is 6. The molecule has 0 amide bonds. The summed E-state index contributed by atoms with van der Waals surface area (Å²) in [4.78, 5) is 16.7. The first kappa shape index (κ1) is 23.9. The third kappa shape index (κ3) is 5.52. The number of halogens is 6. The Morgan fingerprint density at radius 2 is 1.10 bits per heavy atom. The zero-order valence-corrected chi connectivity index (χ0v) is 22.9. The standard InChI is InChI=1S/C10H9Br2N3O.C8H2Br2Cl2N2/c1-2-16-10-9(13)14-7-3-5(11)6(12)4-8(7)15-10;9-3-1-5-6(2-4(3)10)14-8(12)7(11)13-5/h3-4H,2H2,1H3,(H2,13,14);1-2H. The lowest BCUT2D eigenvalue weighted by atomic mass is 10.3. The Bertz CT molecular complexity index is 1170. The highest BCUT2D eigenvalue weighted by Gasteiger charge is 2.09. The summed E-state index contributed by atoms with van der Waals surface area (Å²) < 4.78 is 8.92. The van der Waals surface area contributed by atoms with Gasteiger partial charge < -0.3 is 10.5 Å². The van der Waals surface area contributed by atoms with Crippen LogP contribution in [0.15, 0.2) is 42.2 Å². The second-order valence-electron chi connectivity index (χ2n) is 5.66. The van der Waals surface area contributed by atoms with Crippen molar-refractivity contribution in [2.24, 2.45) is 0 Å². The van der Waals surface area contributed by atoms with Gasteiger partial charge in [0.05, 0.1) is 28.7 Å². The summed E-state index contributed by atoms with van der Waals surface area (Å²) in [6.45, 7) is 2.39. The first-order valence-electron chi connectivity index (χ1n) is 8.22. The summed E-state index contributed by atoms with van der Waals surface area (Å²) in [5.41, 5.74) is 8.62. The van der Waals surface area contributed by atoms with Crippen LogP contribution in [0.4, 0.5) is 5.82 Å². The van der Waals surface area contributed by atoms with E-state index in [2.05, 4.69) is 83.7 Å². The second kappa shape index (κ2) is 10.2. The molecule has 0 saturated heterocycles. The Kier molecular flexibility index (Phi) is 8.14. The zero-order valence-electron chi connectivity index (χ0n) is 15.1. The molecule has 2 heterocycles. The van der Waals surface area contributed by atoms with Crippen molar-refractivity contribution in [1.82, 2.24) is 19.9 Å². The fourth-order valence-electron chi connectivity index (χ4n) is 2.30. The predicted molar refractivity (Wildman–Crippen MR) is 135 cm³/mol. The van der Waals surface area contributed by atoms with Gasteiger partial charge in [-0.15, -0.1) is 0 Å². The molecule has 30 heavy (non-hydrogen) atoms. The Hall–Kier alpha value is -0.780. The third-order valence-electron chi connectivity index (χ3n) is 3.61. The van der Waals surface area contributed by atoms with Crippen LogP contribution >= 0.6 is 86.9 Å². The molecule has 0 bridgehead atoms. The second-order valence-corrected chi connectivity index (χ2v) is 9.80. The fraction of sp³-hybridized carbons (Fsp3) is 0.111. The lowest BCUT2D eigenvalue weighted by Crippen LogP contribution is -2.02. The number of fused-ring (bicyclic) bond motifs is 2. The van der Waals surface area contributed by atoms with Crippen molar-refractivity contribution in [2.75, 3.05) is 12.3 Å². The van der Waals surface area contributed by atoms with E-state index < -0.39 is 0 Å². The number of aromatic nitrogens is 4. The molecule has 0 aliphatic carbocycles. The van der Waals surface area contributed by atoms with E-state index in [1.807, 2.05) is 31.2 Å². The Labute approximate surface area is 215 Å². The highest BCUT2D eigenvalue weighted by Crippen LogP contribution is 2.30. The molecule has 0 fully saturated rings. The number of benzene rings is 2. The topological polar surface area (TPSA) is 86.8 Å². The van der Waals surface area contributed by atoms with Crippen molar-refractivity contribution < 1.29 is 4.74 Å². The average Bonchev–Trinajstić information content (AvgIpc) is 2.68. The SMILES string of the molecule is CCOc1nc2cc(Br)c(Br)cc2nc1N.Clc1nc2cc(Br)c(Br)cc2nc1Cl. The van der Waals surface area contributed by atoms with Crippen LogP contribution in [0.3, 0.4) is 0 Å². The van der Waals surface area contributed by atoms with E-state index in [1.54, 1.807) is 0 Å². The van der Waals surface area contributed by atoms with Gasteiger partial charge >= 0.3 is 0 Å². The molecule has 6 nitrogen and oxygen atoms in total. The molecule has 4 aromatic rings. The van der Waals surface area contributed by atoms with Gasteiger partial charge in [0.1, 0.15) is 0 Å². The molecule has 12 heteroatoms. The van der Waals surface area contributed by atoms with Crippen LogP contribution in [0.1, 0.15) is 6.92 Å². The smallest absolute Gasteiger partial charge is 0.257 e. The molecule has 0 atom stereocenters. The molecule has 4 rings (SSSR count). The molecule has 2 aromatic carbocycles. The van der Waals surface area contributed by atoms with Gasteiger partial charge in [-0.25, -0.2) is 19.9 Å². The minimum absolute atomic E-state index is 0.216. The van der Waals surface area contributed by atoms with Crippen molar-refractivity contribution in [3.05, 3.63) is 52.5 Å². The quantitative estimate of drug-likeness (QED) is 0.232. The van der Waals surface area contributed by atoms with Crippen molar-refractivity contribution in [1.29, 1.82) is 0 Å². The van der Waals surface area contributed by atoms with Gasteiger partial charge in [-0.05, 0) is 94.9 Å². The summed E-state index contributed by atoms with van der Waals surface area (Å²) in [5, 5.41) is 0.432. The summed E-state index contributed by atoms with van der Waals surface area (Å²) in [6.07, 6.45) is 0. The molecule has 2 aromatic heterocycles. The van der Waals surface area contributed by atoms with E-state index in [1.165, 1.54) is 0 Å². The fourth-order valence-corrected chi connectivity index (χ4v) is 3.89. The summed E-state index contributed by atoms with van der Waals surface area (Å²) in [7, 11) is 0. The average molecular weight is 704 g/mol. The van der Waals surface area contributed by atoms with Crippen LogP contribution in [0.25, 0.3) is 22.1 Å². The molecule has 2 N–H and O–H groups in total. The number of nitrogens with zero attached hydrogens (tertiary/aromatic N) is 4. The normalized spacial score (nSPS) is 10.8. The monoisotopic (exact) mass is 699 g/mol. The Morgan fingerprint density at radius 3 is 1.50 bits per heavy atom. The molecule has 0 spiro atoms. The molecular formula is C18H11Br4Cl2N5O. The maximum atomic E-state index is 5.75. The van der Waals surface area contributed by atoms with E-state index in [9.17, 15) is 0 Å². The molecular weight excluding hydrogens is 693 g/mol. The minimum atomic E-state index is 0.216. The highest BCUT2D eigenvalue weighted by atomic mass is 79.9. The van der Waals surface area contributed by atoms with Gasteiger partial charge in [0.15, 0.2) is 16.1 Å². The van der Waals surface area contributed by atoms with E-state index in [0.29, 0.717) is 29.3 Å². The number of nitrogens with two attached hydrogens (primary N) is 1. The molecule has 0 aliphatic rings. The summed E-state index contributed by atoms with van der Waals surface area (Å²) >= 11 is 25.0. The van der Waals surface area contributed by atoms with Gasteiger partial charge in [0.2, 0.25) is 0 Å². The van der Waals surface area contributed by atoms with E-state index in [4.69, 9.17) is 33.7 Å². The van der Waals surface area contributed by atoms with Crippen LogP contribution in [-0.2, 0) is 0 Å². The van der Waals surface area contributed by atoms with Crippen molar-refractivity contribution in [2.45, 2.75) is 6.92 Å². The van der Waals surface area contributed by atoms with E-state index in [0.717, 1.165) is 28.9 Å². The van der Waals surface area contributed by atoms with E-state index in [-0.39, 0.29) is 10.3 Å². The highest BCUT2D eigenvalue weighted by molar-refractivity contribution is 9.13. The molecule has 0 radical (unpaired) electrons. The first-order valence-corrected chi connectivity index (χ1v) is 12.1. The van der Waals surface area contributed by atoms with Gasteiger partial charge in [-0.3, -0.25) is 0 Å². The number of ether oxygens (including phenoxy) is 1. The van der Waals surface area contributed by atoms with Gasteiger partial charge in [0.25, 0.3) is 5.88 Å². The third-order valence-corrected chi connectivity index (χ3v) is 7.92. The Morgan fingerprint density at radius 1 is 0.733 bits per heavy atom. The summed E-state index contributed by atoms with van der Waals surface area (Å²) in [5.74, 6) is 0.688. The summed E-state index contributed by atoms with van der Waals surface area (Å²) in [6, 6.07) is 7.39. The zero-order chi connectivity index (χ0) is 22.0. The van der Waals surface area contributed by atoms with Gasteiger partial charge in [-0.1, -0.05) is 23.2 Å². The number of hydrogen-bond donors (Lipinski definition) is 1. The van der Waals surface area contributed by atoms with Gasteiger partial charge in [-0.2, -0.15) is 0 Å². The number of nitrogen functional groups attached to an aromatic ring is 1. The van der Waals surface area contributed by atoms with Crippen LogP contribution in [0.2, 0.25) is 10.3 Å². The first-order chi connectivity index (χ1) is 14.2. The molecule has 0 aliphatic heterocycles. The minimum Gasteiger partial charge on any atom is -0.475 e. The van der Waals surface area contributed by atoms with Crippen molar-refractivity contribution in [3.8, 4) is 5.88 Å². The maximum absolute atomic E-state index is 5.75. The predicted octanol–water partition coefficient (Wildman–Crippen LogP) is 7.60. The number of rotatable bonds is 2. The van der Waals surface area contributed by atoms with Gasteiger partial charge in [0, 0.05) is 17.9 Å². The molecule has 0 unspecified atom stereocenters. The van der Waals surface area contributed by atoms with Crippen LogP contribution in [-0.4, -0.2) is 26.5 Å². The van der Waals surface area contributed by atoms with Crippen molar-refractivity contribution in [3.63, 3.8) is 0 Å². The largest absolute Gasteiger partial charge is 0.475 e. The lowest BCUT2D eigenvalue weighted by Gasteiger charge is -2.07. The molecule has 0 saturated carbocycles.